The topological polar surface area (TPSA) is 52.9 Å². The van der Waals surface area contributed by atoms with Crippen molar-refractivity contribution in [3.63, 3.8) is 0 Å². The van der Waals surface area contributed by atoms with Crippen molar-refractivity contribution in [2.24, 2.45) is 5.29 Å². The molecule has 0 aliphatic heterocycles. The highest BCUT2D eigenvalue weighted by Gasteiger charge is 1.71. The van der Waals surface area contributed by atoms with Crippen LogP contribution < -0.4 is 0 Å². The zero-order chi connectivity index (χ0) is 4.28. The zero-order valence-electron chi connectivity index (χ0n) is 2.75. The van der Waals surface area contributed by atoms with Gasteiger partial charge in [-0.2, -0.15) is 0 Å². The highest BCUT2D eigenvalue weighted by molar-refractivity contribution is 4.05. The van der Waals surface area contributed by atoms with Crippen LogP contribution in [0, 0.1) is 4.91 Å². The third-order valence-electron chi connectivity index (χ3n) is 0.118. The van der Waals surface area contributed by atoms with Crippen LogP contribution in [0.25, 0.3) is 0 Å². The lowest BCUT2D eigenvalue weighted by Crippen LogP contribution is -1.99. The molecule has 0 radical (unpaired) electrons. The zero-order valence-corrected chi connectivity index (χ0v) is 2.75. The molecule has 5 heavy (non-hydrogen) atoms. The van der Waals surface area contributed by atoms with Gasteiger partial charge in [0.25, 0.3) is 0 Å². The predicted molar refractivity (Wildman–Crippen MR) is 15.3 cm³/mol. The van der Waals surface area contributed by atoms with Crippen LogP contribution in [0.5, 0.6) is 0 Å². The van der Waals surface area contributed by atoms with Crippen molar-refractivity contribution in [3.8, 4) is 0 Å². The summed E-state index contributed by atoms with van der Waals surface area (Å²) in [6.07, 6.45) is 0. The monoisotopic (exact) mass is 76.0 g/mol. The molecule has 0 aliphatic rings. The van der Waals surface area contributed by atoms with Gasteiger partial charge in [-0.15, -0.1) is 10.1 Å². The Balaban J connectivity index is 2.83. The second-order valence-electron chi connectivity index (χ2n) is 0.571. The summed E-state index contributed by atoms with van der Waals surface area (Å²) in [7, 11) is 1.13. The summed E-state index contributed by atoms with van der Waals surface area (Å²) < 4.78 is 0. The Labute approximate surface area is 28.9 Å². The van der Waals surface area contributed by atoms with E-state index < -0.39 is 0 Å². The lowest BCUT2D eigenvalue weighted by molar-refractivity contribution is -0.0650. The van der Waals surface area contributed by atoms with Crippen molar-refractivity contribution in [3.05, 3.63) is 4.91 Å². The van der Waals surface area contributed by atoms with Crippen molar-refractivity contribution in [1.29, 1.82) is 0 Å². The van der Waals surface area contributed by atoms with Crippen molar-refractivity contribution < 1.29 is 5.21 Å². The maximum absolute atomic E-state index is 8.93. The second-order valence-corrected chi connectivity index (χ2v) is 0.571. The van der Waals surface area contributed by atoms with Gasteiger partial charge in [0.05, 0.1) is 12.3 Å². The quantitative estimate of drug-likeness (QED) is 0.353. The minimum atomic E-state index is 0.194. The summed E-state index contributed by atoms with van der Waals surface area (Å²) in [5.41, 5.74) is 0. The molecule has 0 aromatic rings. The first-order chi connectivity index (χ1) is 2.27. The normalized spacial score (nSPS) is 6.80. The average Bonchev–Trinajstić information content (AvgIpc) is 1.38. The van der Waals surface area contributed by atoms with Gasteiger partial charge in [-0.1, -0.05) is 0 Å². The highest BCUT2D eigenvalue weighted by Crippen LogP contribution is 1.63. The van der Waals surface area contributed by atoms with Crippen LogP contribution in [0.4, 0.5) is 0 Å². The first kappa shape index (κ1) is 4.36. The molecule has 4 nitrogen and oxygen atoms in total. The number of hydrogen-bond acceptors (Lipinski definition) is 3. The molecule has 0 spiro atoms. The molecule has 0 aromatic heterocycles. The van der Waals surface area contributed by atoms with Crippen LogP contribution in [-0.2, 0) is 0 Å². The summed E-state index contributed by atoms with van der Waals surface area (Å²) in [5.74, 6) is 0. The second kappa shape index (κ2) is 1.66. The van der Waals surface area contributed by atoms with E-state index in [0.717, 1.165) is 7.05 Å². The van der Waals surface area contributed by atoms with Crippen molar-refractivity contribution >= 4 is 0 Å². The number of rotatable bonds is 1. The molecule has 30 valence electrons. The lowest BCUT2D eigenvalue weighted by Gasteiger charge is -1.88. The van der Waals surface area contributed by atoms with Gasteiger partial charge in [-0.05, 0) is 0 Å². The van der Waals surface area contributed by atoms with Crippen LogP contribution >= 0.6 is 0 Å². The summed E-state index contributed by atoms with van der Waals surface area (Å²) in [5, 5.41) is 9.94. The number of hydroxylamine groups is 1. The molecule has 0 saturated carbocycles. The Bertz CT molecular complexity index is 34.6. The Kier molecular flexibility index (Phi) is 1.45. The molecule has 0 amide bonds. The highest BCUT2D eigenvalue weighted by atomic mass is 16.6. The Morgan fingerprint density at radius 2 is 2.20 bits per heavy atom. The third-order valence-corrected chi connectivity index (χ3v) is 0.118. The fourth-order valence-electron chi connectivity index (χ4n) is 0. The Hall–Kier alpha value is -0.640. The number of nitroso groups, excluding NO2 is 1. The summed E-state index contributed by atoms with van der Waals surface area (Å²) in [4.78, 5) is 8.93. The molecule has 0 aliphatic carbocycles. The first-order valence-electron chi connectivity index (χ1n) is 1.03. The molecule has 0 fully saturated rings. The fourth-order valence-corrected chi connectivity index (χ4v) is 0. The van der Waals surface area contributed by atoms with Gasteiger partial charge < -0.3 is 0 Å². The molecule has 0 atom stereocenters. The van der Waals surface area contributed by atoms with E-state index in [0.29, 0.717) is 0 Å². The van der Waals surface area contributed by atoms with E-state index in [9.17, 15) is 0 Å². The average molecular weight is 76.1 g/mol. The molecule has 1 N–H and O–H groups in total. The Morgan fingerprint density at radius 3 is 2.20 bits per heavy atom. The van der Waals surface area contributed by atoms with Gasteiger partial charge in [0.2, 0.25) is 0 Å². The number of nitrogens with zero attached hydrogens (tertiary/aromatic N) is 2. The van der Waals surface area contributed by atoms with E-state index in [2.05, 4.69) is 0 Å². The Morgan fingerprint density at radius 1 is 2.00 bits per heavy atom. The van der Waals surface area contributed by atoms with Gasteiger partial charge in [-0.3, -0.25) is 5.21 Å². The van der Waals surface area contributed by atoms with Crippen molar-refractivity contribution in [1.82, 2.24) is 5.17 Å². The van der Waals surface area contributed by atoms with E-state index in [1.807, 2.05) is 5.29 Å². The molecule has 0 saturated heterocycles. The van der Waals surface area contributed by atoms with Gasteiger partial charge >= 0.3 is 0 Å². The van der Waals surface area contributed by atoms with Crippen LogP contribution in [0.2, 0.25) is 0 Å². The third kappa shape index (κ3) is 3.36. The molecule has 0 heterocycles. The van der Waals surface area contributed by atoms with Crippen molar-refractivity contribution in [2.75, 3.05) is 7.05 Å². The smallest absolute Gasteiger partial charge is 0.0784 e. The number of hydrogen-bond donors (Lipinski definition) is 1. The van der Waals surface area contributed by atoms with Gasteiger partial charge in [0, 0.05) is 0 Å². The van der Waals surface area contributed by atoms with Gasteiger partial charge in [-0.25, -0.2) is 0 Å². The maximum atomic E-state index is 8.93. The molecule has 0 bridgehead atoms. The lowest BCUT2D eigenvalue weighted by atomic mass is 11.5. The van der Waals surface area contributed by atoms with Crippen LogP contribution in [-0.4, -0.2) is 17.4 Å². The van der Waals surface area contributed by atoms with E-state index >= 15 is 0 Å². The van der Waals surface area contributed by atoms with Crippen LogP contribution in [0.3, 0.4) is 0 Å². The first-order valence-corrected chi connectivity index (χ1v) is 1.03. The summed E-state index contributed by atoms with van der Waals surface area (Å²) in [6, 6.07) is 0. The summed E-state index contributed by atoms with van der Waals surface area (Å²) >= 11 is 0. The van der Waals surface area contributed by atoms with Crippen LogP contribution in [0.1, 0.15) is 0 Å². The minimum absolute atomic E-state index is 0.194. The fraction of sp³-hybridized carbons (Fsp3) is 1.00. The van der Waals surface area contributed by atoms with Gasteiger partial charge in [0.15, 0.2) is 0 Å². The minimum Gasteiger partial charge on any atom is -0.270 e. The van der Waals surface area contributed by atoms with E-state index in [4.69, 9.17) is 10.1 Å². The van der Waals surface area contributed by atoms with E-state index in [1.165, 1.54) is 0 Å². The van der Waals surface area contributed by atoms with E-state index in [1.54, 1.807) is 0 Å². The van der Waals surface area contributed by atoms with Crippen LogP contribution in [0.15, 0.2) is 5.29 Å². The molecule has 0 unspecified atom stereocenters. The molecule has 4 heteroatoms. The molecular weight excluding hydrogens is 72.0 g/mol. The summed E-state index contributed by atoms with van der Waals surface area (Å²) in [6.45, 7) is 0. The van der Waals surface area contributed by atoms with E-state index in [-0.39, 0.29) is 5.17 Å². The SMILES string of the molecule is CN(O)N=O. The molecular formula is CH4N2O2. The molecule has 0 rings (SSSR count). The molecule has 0 aromatic carbocycles. The van der Waals surface area contributed by atoms with Crippen molar-refractivity contribution in [2.45, 2.75) is 0 Å². The van der Waals surface area contributed by atoms with Gasteiger partial charge in [0.1, 0.15) is 0 Å². The standard InChI is InChI=1S/CH4N2O2/c1-3(5)2-4/h5H,1H3. The maximum Gasteiger partial charge on any atom is 0.0784 e. The largest absolute Gasteiger partial charge is 0.270 e. The predicted octanol–water partition coefficient (Wildman–Crippen LogP) is -0.0112.